The molecule has 0 radical (unpaired) electrons. The van der Waals surface area contributed by atoms with Crippen LogP contribution in [0.5, 0.6) is 0 Å². The van der Waals surface area contributed by atoms with E-state index in [0.29, 0.717) is 6.54 Å². The van der Waals surface area contributed by atoms with Gasteiger partial charge in [-0.1, -0.05) is 58.9 Å². The van der Waals surface area contributed by atoms with E-state index in [-0.39, 0.29) is 36.6 Å². The van der Waals surface area contributed by atoms with Gasteiger partial charge >= 0.3 is 0 Å². The van der Waals surface area contributed by atoms with Crippen molar-refractivity contribution in [1.82, 2.24) is 20.5 Å². The van der Waals surface area contributed by atoms with Gasteiger partial charge in [0.15, 0.2) is 0 Å². The molecule has 9 heteroatoms. The Morgan fingerprint density at radius 3 is 2.40 bits per heavy atom. The van der Waals surface area contributed by atoms with Crippen LogP contribution >= 0.6 is 11.3 Å². The monoisotopic (exact) mass is 500 g/mol. The molecule has 3 amide bonds. The number of likely N-dealkylation sites (tertiary alicyclic amines) is 1. The van der Waals surface area contributed by atoms with Crippen molar-refractivity contribution in [2.24, 2.45) is 11.3 Å². The summed E-state index contributed by atoms with van der Waals surface area (Å²) in [5.41, 5.74) is 4.25. The minimum atomic E-state index is -0.805. The van der Waals surface area contributed by atoms with E-state index >= 15 is 0 Å². The molecule has 1 aromatic carbocycles. The number of aromatic nitrogens is 1. The van der Waals surface area contributed by atoms with Crippen LogP contribution in [0.3, 0.4) is 0 Å². The molecule has 1 aromatic heterocycles. The Kier molecular flexibility index (Phi) is 8.33. The Balaban J connectivity index is 1.68. The van der Waals surface area contributed by atoms with Gasteiger partial charge in [-0.15, -0.1) is 11.3 Å². The van der Waals surface area contributed by atoms with Crippen LogP contribution in [0.2, 0.25) is 0 Å². The van der Waals surface area contributed by atoms with Gasteiger partial charge in [0, 0.05) is 25.4 Å². The molecule has 2 aromatic rings. The minimum Gasteiger partial charge on any atom is -0.391 e. The second-order valence-electron chi connectivity index (χ2n) is 10.5. The summed E-state index contributed by atoms with van der Waals surface area (Å²) in [5, 5.41) is 16.0. The van der Waals surface area contributed by atoms with Crippen molar-refractivity contribution in [1.29, 1.82) is 0 Å². The van der Waals surface area contributed by atoms with Crippen LogP contribution in [0.15, 0.2) is 29.8 Å². The molecule has 3 atom stereocenters. The molecule has 190 valence electrons. The zero-order valence-corrected chi connectivity index (χ0v) is 22.1. The molecule has 1 fully saturated rings. The van der Waals surface area contributed by atoms with E-state index in [1.165, 1.54) is 4.90 Å². The standard InChI is InChI=1S/C26H36N4O4S/c1-15(2)23(32)29-22(26(4,5)6)25(34)30-13-19(31)11-20(30)24(33)27-12-17-7-9-18(10-8-17)21-16(3)28-14-35-21/h7-10,14-15,19-20,22,31H,11-13H2,1-6H3,(H,27,33)(H,29,32)/t19-,20+,22?/m1/s1. The fraction of sp³-hybridized carbons (Fsp3) is 0.538. The summed E-state index contributed by atoms with van der Waals surface area (Å²) in [6, 6.07) is 6.32. The first-order chi connectivity index (χ1) is 16.4. The fourth-order valence-corrected chi connectivity index (χ4v) is 4.90. The zero-order chi connectivity index (χ0) is 25.9. The lowest BCUT2D eigenvalue weighted by Gasteiger charge is -2.35. The number of aliphatic hydroxyl groups excluding tert-OH is 1. The zero-order valence-electron chi connectivity index (χ0n) is 21.3. The predicted molar refractivity (Wildman–Crippen MR) is 136 cm³/mol. The number of aliphatic hydroxyl groups is 1. The third-order valence-electron chi connectivity index (χ3n) is 6.22. The first-order valence-corrected chi connectivity index (χ1v) is 12.8. The molecule has 3 N–H and O–H groups in total. The van der Waals surface area contributed by atoms with Gasteiger partial charge in [-0.25, -0.2) is 4.98 Å². The van der Waals surface area contributed by atoms with Crippen LogP contribution in [0.25, 0.3) is 10.4 Å². The molecule has 8 nitrogen and oxygen atoms in total. The number of amides is 3. The average molecular weight is 501 g/mol. The summed E-state index contributed by atoms with van der Waals surface area (Å²) in [6.07, 6.45) is -0.631. The Hall–Kier alpha value is -2.78. The third-order valence-corrected chi connectivity index (χ3v) is 7.19. The van der Waals surface area contributed by atoms with Crippen LogP contribution in [0.1, 0.15) is 52.3 Å². The number of nitrogens with zero attached hydrogens (tertiary/aromatic N) is 2. The Morgan fingerprint density at radius 2 is 1.86 bits per heavy atom. The summed E-state index contributed by atoms with van der Waals surface area (Å²) < 4.78 is 0. The highest BCUT2D eigenvalue weighted by Gasteiger charge is 2.44. The predicted octanol–water partition coefficient (Wildman–Crippen LogP) is 2.88. The van der Waals surface area contributed by atoms with E-state index in [4.69, 9.17) is 0 Å². The van der Waals surface area contributed by atoms with E-state index in [9.17, 15) is 19.5 Å². The molecule has 35 heavy (non-hydrogen) atoms. The minimum absolute atomic E-state index is 0.0595. The number of benzene rings is 1. The van der Waals surface area contributed by atoms with Crippen LogP contribution in [-0.2, 0) is 20.9 Å². The number of rotatable bonds is 7. The molecule has 3 rings (SSSR count). The van der Waals surface area contributed by atoms with E-state index in [2.05, 4.69) is 15.6 Å². The number of hydrogen-bond acceptors (Lipinski definition) is 6. The van der Waals surface area contributed by atoms with Gasteiger partial charge in [0.1, 0.15) is 12.1 Å². The van der Waals surface area contributed by atoms with Crippen molar-refractivity contribution in [2.45, 2.75) is 72.7 Å². The molecule has 1 aliphatic heterocycles. The van der Waals surface area contributed by atoms with E-state index in [1.807, 2.05) is 57.5 Å². The highest BCUT2D eigenvalue weighted by molar-refractivity contribution is 7.13. The van der Waals surface area contributed by atoms with E-state index in [1.54, 1.807) is 25.2 Å². The maximum Gasteiger partial charge on any atom is 0.246 e. The SMILES string of the molecule is Cc1ncsc1-c1ccc(CNC(=O)[C@@H]2C[C@@H](O)CN2C(=O)C(NC(=O)C(C)C)C(C)(C)C)cc1. The number of aryl methyl sites for hydroxylation is 1. The number of carbonyl (C=O) groups is 3. The van der Waals surface area contributed by atoms with Gasteiger partial charge < -0.3 is 20.6 Å². The molecule has 0 spiro atoms. The van der Waals surface area contributed by atoms with Crippen molar-refractivity contribution < 1.29 is 19.5 Å². The van der Waals surface area contributed by atoms with Crippen molar-refractivity contribution >= 4 is 29.1 Å². The maximum atomic E-state index is 13.5. The molecular weight excluding hydrogens is 464 g/mol. The number of nitrogens with one attached hydrogen (secondary N) is 2. The van der Waals surface area contributed by atoms with Gasteiger partial charge in [0.25, 0.3) is 0 Å². The van der Waals surface area contributed by atoms with Gasteiger partial charge in [0.05, 0.1) is 22.2 Å². The summed E-state index contributed by atoms with van der Waals surface area (Å²) in [6.45, 7) is 11.5. The number of β-amino-alcohol motifs (C(OH)–C–C–N with tert-alkyl or cyclic N) is 1. The Labute approximate surface area is 211 Å². The van der Waals surface area contributed by atoms with Crippen LogP contribution in [0, 0.1) is 18.3 Å². The molecular formula is C26H36N4O4S. The van der Waals surface area contributed by atoms with E-state index < -0.39 is 23.6 Å². The van der Waals surface area contributed by atoms with Gasteiger partial charge in [-0.05, 0) is 23.5 Å². The van der Waals surface area contributed by atoms with Gasteiger partial charge in [-0.3, -0.25) is 14.4 Å². The molecule has 1 saturated heterocycles. The molecule has 0 saturated carbocycles. The summed E-state index contributed by atoms with van der Waals surface area (Å²) >= 11 is 1.59. The van der Waals surface area contributed by atoms with Crippen molar-refractivity contribution in [3.8, 4) is 10.4 Å². The first-order valence-electron chi connectivity index (χ1n) is 11.9. The normalized spacial score (nSPS) is 19.0. The summed E-state index contributed by atoms with van der Waals surface area (Å²) in [7, 11) is 0. The lowest BCUT2D eigenvalue weighted by atomic mass is 9.85. The molecule has 1 aliphatic rings. The smallest absolute Gasteiger partial charge is 0.246 e. The van der Waals surface area contributed by atoms with Crippen molar-refractivity contribution in [3.63, 3.8) is 0 Å². The van der Waals surface area contributed by atoms with Crippen LogP contribution < -0.4 is 10.6 Å². The largest absolute Gasteiger partial charge is 0.391 e. The molecule has 1 unspecified atom stereocenters. The molecule has 0 aliphatic carbocycles. The maximum absolute atomic E-state index is 13.5. The average Bonchev–Trinajstić information content (AvgIpc) is 3.40. The Bertz CT molecular complexity index is 1060. The molecule has 2 heterocycles. The van der Waals surface area contributed by atoms with Gasteiger partial charge in [0.2, 0.25) is 17.7 Å². The topological polar surface area (TPSA) is 112 Å². The van der Waals surface area contributed by atoms with E-state index in [0.717, 1.165) is 21.7 Å². The second kappa shape index (κ2) is 10.9. The molecule has 0 bridgehead atoms. The highest BCUT2D eigenvalue weighted by atomic mass is 32.1. The lowest BCUT2D eigenvalue weighted by Crippen LogP contribution is -2.58. The number of carbonyl (C=O) groups excluding carboxylic acids is 3. The van der Waals surface area contributed by atoms with Crippen LogP contribution in [-0.4, -0.2) is 57.4 Å². The third kappa shape index (κ3) is 6.46. The second-order valence-corrected chi connectivity index (χ2v) is 11.4. The van der Waals surface area contributed by atoms with Crippen molar-refractivity contribution in [2.75, 3.05) is 6.54 Å². The number of thiazole rings is 1. The summed E-state index contributed by atoms with van der Waals surface area (Å²) in [4.78, 5) is 45.7. The highest BCUT2D eigenvalue weighted by Crippen LogP contribution is 2.28. The summed E-state index contributed by atoms with van der Waals surface area (Å²) in [5.74, 6) is -1.18. The first kappa shape index (κ1) is 26.8. The fourth-order valence-electron chi connectivity index (χ4n) is 4.09. The number of hydrogen-bond donors (Lipinski definition) is 3. The lowest BCUT2D eigenvalue weighted by molar-refractivity contribution is -0.144. The quantitative estimate of drug-likeness (QED) is 0.541. The van der Waals surface area contributed by atoms with Crippen molar-refractivity contribution in [3.05, 3.63) is 41.0 Å². The van der Waals surface area contributed by atoms with Gasteiger partial charge in [-0.2, -0.15) is 0 Å². The Morgan fingerprint density at radius 1 is 1.20 bits per heavy atom. The van der Waals surface area contributed by atoms with Crippen LogP contribution in [0.4, 0.5) is 0 Å².